The summed E-state index contributed by atoms with van der Waals surface area (Å²) < 4.78 is 25.8. The zero-order valence-corrected chi connectivity index (χ0v) is 17.3. The van der Waals surface area contributed by atoms with E-state index in [4.69, 9.17) is 0 Å². The molecule has 2 aromatic carbocycles. The summed E-state index contributed by atoms with van der Waals surface area (Å²) in [5.74, 6) is -0.150. The summed E-state index contributed by atoms with van der Waals surface area (Å²) in [5, 5.41) is 3.11. The lowest BCUT2D eigenvalue weighted by atomic mass is 9.88. The fourth-order valence-electron chi connectivity index (χ4n) is 3.57. The molecule has 0 bridgehead atoms. The van der Waals surface area contributed by atoms with E-state index in [1.807, 2.05) is 0 Å². The third-order valence-electron chi connectivity index (χ3n) is 5.29. The van der Waals surface area contributed by atoms with Gasteiger partial charge in [-0.25, -0.2) is 8.42 Å². The summed E-state index contributed by atoms with van der Waals surface area (Å²) >= 11 is 0. The van der Waals surface area contributed by atoms with Gasteiger partial charge in [-0.05, 0) is 80.0 Å². The molecule has 0 aromatic heterocycles. The molecular formula is C22H28N2O3S. The highest BCUT2D eigenvalue weighted by atomic mass is 32.2. The molecule has 0 heterocycles. The van der Waals surface area contributed by atoms with Crippen LogP contribution in [0.3, 0.4) is 0 Å². The number of hydrogen-bond acceptors (Lipinski definition) is 3. The quantitative estimate of drug-likeness (QED) is 0.731. The van der Waals surface area contributed by atoms with Crippen molar-refractivity contribution in [2.45, 2.75) is 52.0 Å². The molecule has 28 heavy (non-hydrogen) atoms. The minimum Gasteiger partial charge on any atom is -0.345 e. The van der Waals surface area contributed by atoms with E-state index in [0.717, 1.165) is 24.8 Å². The lowest BCUT2D eigenvalue weighted by molar-refractivity contribution is 0.0935. The van der Waals surface area contributed by atoms with E-state index in [9.17, 15) is 13.2 Å². The highest BCUT2D eigenvalue weighted by molar-refractivity contribution is 7.92. The van der Waals surface area contributed by atoms with Crippen LogP contribution in [0.2, 0.25) is 0 Å². The predicted octanol–water partition coefficient (Wildman–Crippen LogP) is 4.21. The molecule has 1 aliphatic carbocycles. The van der Waals surface area contributed by atoms with Gasteiger partial charge in [0.15, 0.2) is 0 Å². The molecule has 2 aromatic rings. The van der Waals surface area contributed by atoms with Crippen LogP contribution in [0.15, 0.2) is 42.5 Å². The Balaban J connectivity index is 1.70. The number of benzene rings is 2. The van der Waals surface area contributed by atoms with Gasteiger partial charge in [-0.15, -0.1) is 0 Å². The van der Waals surface area contributed by atoms with Crippen molar-refractivity contribution in [1.82, 2.24) is 5.32 Å². The van der Waals surface area contributed by atoms with Gasteiger partial charge in [0.25, 0.3) is 5.91 Å². The Hall–Kier alpha value is -2.34. The van der Waals surface area contributed by atoms with Crippen LogP contribution >= 0.6 is 0 Å². The molecule has 0 fully saturated rings. The zero-order valence-electron chi connectivity index (χ0n) is 16.5. The van der Waals surface area contributed by atoms with Crippen LogP contribution in [0.1, 0.15) is 66.2 Å². The number of carbonyl (C=O) groups excluding carboxylic acids is 1. The molecular weight excluding hydrogens is 372 g/mol. The van der Waals surface area contributed by atoms with E-state index in [2.05, 4.69) is 35.2 Å². The number of fused-ring (bicyclic) bond motifs is 1. The number of aryl methyl sites for hydroxylation is 2. The SMILES string of the molecule is CC[C@H](NC(=O)c1ccc(NS(=O)(=O)CC)cc1)c1ccc2c(c1)CCCC2. The van der Waals surface area contributed by atoms with Crippen molar-refractivity contribution in [2.24, 2.45) is 0 Å². The largest absolute Gasteiger partial charge is 0.345 e. The van der Waals surface area contributed by atoms with Crippen LogP contribution in [-0.4, -0.2) is 20.1 Å². The molecule has 150 valence electrons. The lowest BCUT2D eigenvalue weighted by Crippen LogP contribution is -2.28. The van der Waals surface area contributed by atoms with Crippen LogP contribution in [0.5, 0.6) is 0 Å². The van der Waals surface area contributed by atoms with E-state index in [-0.39, 0.29) is 17.7 Å². The maximum Gasteiger partial charge on any atom is 0.251 e. The molecule has 0 aliphatic heterocycles. The maximum atomic E-state index is 12.7. The third kappa shape index (κ3) is 4.93. The Morgan fingerprint density at radius 2 is 1.68 bits per heavy atom. The Bertz CT molecular complexity index is 937. The highest BCUT2D eigenvalue weighted by Crippen LogP contribution is 2.26. The van der Waals surface area contributed by atoms with Crippen LogP contribution < -0.4 is 10.0 Å². The van der Waals surface area contributed by atoms with Gasteiger partial charge in [0.1, 0.15) is 0 Å². The standard InChI is InChI=1S/C22H28N2O3S/c1-3-21(19-10-9-16-7-5-6-8-18(16)15-19)23-22(25)17-11-13-20(14-12-17)24-28(26,27)4-2/h9-15,21,24H,3-8H2,1-2H3,(H,23,25)/t21-/m0/s1. The molecule has 0 saturated heterocycles. The van der Waals surface area contributed by atoms with Crippen LogP contribution in [-0.2, 0) is 22.9 Å². The van der Waals surface area contributed by atoms with Gasteiger partial charge in [-0.3, -0.25) is 9.52 Å². The molecule has 0 radical (unpaired) electrons. The smallest absolute Gasteiger partial charge is 0.251 e. The van der Waals surface area contributed by atoms with Crippen LogP contribution in [0.25, 0.3) is 0 Å². The molecule has 0 unspecified atom stereocenters. The first-order valence-corrected chi connectivity index (χ1v) is 11.6. The number of sulfonamides is 1. The van der Waals surface area contributed by atoms with Gasteiger partial charge in [-0.2, -0.15) is 0 Å². The van der Waals surface area contributed by atoms with E-state index in [1.165, 1.54) is 24.0 Å². The van der Waals surface area contributed by atoms with Gasteiger partial charge in [0.2, 0.25) is 10.0 Å². The fraction of sp³-hybridized carbons (Fsp3) is 0.409. The highest BCUT2D eigenvalue weighted by Gasteiger charge is 2.17. The molecule has 1 amide bonds. The lowest BCUT2D eigenvalue weighted by Gasteiger charge is -2.22. The van der Waals surface area contributed by atoms with Crippen molar-refractivity contribution < 1.29 is 13.2 Å². The number of hydrogen-bond donors (Lipinski definition) is 2. The average Bonchev–Trinajstić information content (AvgIpc) is 2.71. The third-order valence-corrected chi connectivity index (χ3v) is 6.60. The molecule has 2 N–H and O–H groups in total. The van der Waals surface area contributed by atoms with E-state index >= 15 is 0 Å². The first-order chi connectivity index (χ1) is 13.4. The molecule has 1 atom stereocenters. The summed E-state index contributed by atoms with van der Waals surface area (Å²) in [5.41, 5.74) is 4.95. The van der Waals surface area contributed by atoms with Gasteiger partial charge >= 0.3 is 0 Å². The summed E-state index contributed by atoms with van der Waals surface area (Å²) in [6, 6.07) is 13.0. The topological polar surface area (TPSA) is 75.3 Å². The van der Waals surface area contributed by atoms with Crippen LogP contribution in [0, 0.1) is 0 Å². The second kappa shape index (κ2) is 8.78. The minimum atomic E-state index is -3.32. The summed E-state index contributed by atoms with van der Waals surface area (Å²) in [7, 11) is -3.32. The van der Waals surface area contributed by atoms with Gasteiger partial charge < -0.3 is 5.32 Å². The van der Waals surface area contributed by atoms with Crippen molar-refractivity contribution in [1.29, 1.82) is 0 Å². The minimum absolute atomic E-state index is 0.00813. The van der Waals surface area contributed by atoms with Gasteiger partial charge in [0, 0.05) is 11.3 Å². The van der Waals surface area contributed by atoms with Crippen LogP contribution in [0.4, 0.5) is 5.69 Å². The monoisotopic (exact) mass is 400 g/mol. The molecule has 0 spiro atoms. The molecule has 1 aliphatic rings. The molecule has 0 saturated carbocycles. The number of rotatable bonds is 7. The van der Waals surface area contributed by atoms with E-state index < -0.39 is 10.0 Å². The van der Waals surface area contributed by atoms with Crippen molar-refractivity contribution in [3.05, 3.63) is 64.7 Å². The summed E-state index contributed by atoms with van der Waals surface area (Å²) in [6.07, 6.45) is 5.55. The van der Waals surface area contributed by atoms with Crippen molar-refractivity contribution in [2.75, 3.05) is 10.5 Å². The first kappa shape index (κ1) is 20.4. The van der Waals surface area contributed by atoms with Gasteiger partial charge in [0.05, 0.1) is 11.8 Å². The number of nitrogens with one attached hydrogen (secondary N) is 2. The second-order valence-corrected chi connectivity index (χ2v) is 9.26. The Morgan fingerprint density at radius 1 is 1.00 bits per heavy atom. The van der Waals surface area contributed by atoms with E-state index in [1.54, 1.807) is 31.2 Å². The second-order valence-electron chi connectivity index (χ2n) is 7.25. The number of amides is 1. The van der Waals surface area contributed by atoms with Crippen molar-refractivity contribution in [3.63, 3.8) is 0 Å². The average molecular weight is 401 g/mol. The van der Waals surface area contributed by atoms with Crippen molar-refractivity contribution in [3.8, 4) is 0 Å². The van der Waals surface area contributed by atoms with E-state index in [0.29, 0.717) is 11.3 Å². The fourth-order valence-corrected chi connectivity index (χ4v) is 4.21. The normalized spacial score (nSPS) is 14.8. The summed E-state index contributed by atoms with van der Waals surface area (Å²) in [4.78, 5) is 12.7. The summed E-state index contributed by atoms with van der Waals surface area (Å²) in [6.45, 7) is 3.64. The predicted molar refractivity (Wildman–Crippen MR) is 113 cm³/mol. The molecule has 5 nitrogen and oxygen atoms in total. The Morgan fingerprint density at radius 3 is 2.32 bits per heavy atom. The first-order valence-electron chi connectivity index (χ1n) is 9.95. The molecule has 6 heteroatoms. The zero-order chi connectivity index (χ0) is 20.1. The number of anilines is 1. The maximum absolute atomic E-state index is 12.7. The van der Waals surface area contributed by atoms with Crippen molar-refractivity contribution >= 4 is 21.6 Å². The Labute approximate surface area is 167 Å². The molecule has 3 rings (SSSR count). The Kier molecular flexibility index (Phi) is 6.39. The van der Waals surface area contributed by atoms with Gasteiger partial charge in [-0.1, -0.05) is 25.1 Å². The number of carbonyl (C=O) groups is 1.